The van der Waals surface area contributed by atoms with Crippen LogP contribution in [0.4, 0.5) is 0 Å². The van der Waals surface area contributed by atoms with Gasteiger partial charge < -0.3 is 10.6 Å². The first-order valence-corrected chi connectivity index (χ1v) is 5.62. The summed E-state index contributed by atoms with van der Waals surface area (Å²) >= 11 is 0. The van der Waals surface area contributed by atoms with Gasteiger partial charge in [0.05, 0.1) is 0 Å². The first kappa shape index (κ1) is 10.7. The van der Waals surface area contributed by atoms with Crippen molar-refractivity contribution in [2.45, 2.75) is 45.9 Å². The molecule has 0 fully saturated rings. The van der Waals surface area contributed by atoms with Crippen molar-refractivity contribution < 1.29 is 0 Å². The summed E-state index contributed by atoms with van der Waals surface area (Å²) in [5.41, 5.74) is 4.58. The molecule has 1 aliphatic heterocycles. The minimum Gasteiger partial charge on any atom is -0.309 e. The van der Waals surface area contributed by atoms with Gasteiger partial charge in [0.15, 0.2) is 0 Å². The third-order valence-corrected chi connectivity index (χ3v) is 2.80. The van der Waals surface area contributed by atoms with E-state index in [9.17, 15) is 0 Å². The number of rotatable bonds is 2. The van der Waals surface area contributed by atoms with Crippen molar-refractivity contribution in [1.29, 1.82) is 0 Å². The minimum atomic E-state index is 0.189. The van der Waals surface area contributed by atoms with Gasteiger partial charge in [-0.2, -0.15) is 0 Å². The lowest BCUT2D eigenvalue weighted by molar-refractivity contribution is 0.423. The maximum absolute atomic E-state index is 3.54. The third-order valence-electron chi connectivity index (χ3n) is 2.80. The van der Waals surface area contributed by atoms with Crippen LogP contribution >= 0.6 is 0 Å². The van der Waals surface area contributed by atoms with Crippen molar-refractivity contribution in [3.05, 3.63) is 34.9 Å². The molecule has 0 unspecified atom stereocenters. The fourth-order valence-electron chi connectivity index (χ4n) is 1.93. The molecule has 1 heterocycles. The van der Waals surface area contributed by atoms with Gasteiger partial charge in [-0.25, -0.2) is 0 Å². The minimum absolute atomic E-state index is 0.189. The zero-order chi connectivity index (χ0) is 10.9. The maximum atomic E-state index is 3.54. The zero-order valence-corrected chi connectivity index (χ0v) is 9.85. The summed E-state index contributed by atoms with van der Waals surface area (Å²) in [6.45, 7) is 9.63. The van der Waals surface area contributed by atoms with E-state index in [1.54, 1.807) is 0 Å². The summed E-state index contributed by atoms with van der Waals surface area (Å²) in [5, 5.41) is 6.94. The van der Waals surface area contributed by atoms with Crippen molar-refractivity contribution in [3.63, 3.8) is 0 Å². The van der Waals surface area contributed by atoms with Gasteiger partial charge >= 0.3 is 0 Å². The maximum Gasteiger partial charge on any atom is 0.0215 e. The monoisotopic (exact) mass is 204 g/mol. The summed E-state index contributed by atoms with van der Waals surface area (Å²) in [5.74, 6) is 0. The highest BCUT2D eigenvalue weighted by molar-refractivity contribution is 5.37. The van der Waals surface area contributed by atoms with Crippen LogP contribution in [0.25, 0.3) is 0 Å². The van der Waals surface area contributed by atoms with Crippen LogP contribution in [0, 0.1) is 0 Å². The largest absolute Gasteiger partial charge is 0.309 e. The summed E-state index contributed by atoms with van der Waals surface area (Å²) < 4.78 is 0. The summed E-state index contributed by atoms with van der Waals surface area (Å²) in [4.78, 5) is 0. The highest BCUT2D eigenvalue weighted by Crippen LogP contribution is 2.20. The molecule has 2 N–H and O–H groups in total. The predicted molar refractivity (Wildman–Crippen MR) is 63.6 cm³/mol. The lowest BCUT2D eigenvalue weighted by Crippen LogP contribution is -2.35. The highest BCUT2D eigenvalue weighted by atomic mass is 14.9. The molecule has 2 heteroatoms. The van der Waals surface area contributed by atoms with Crippen LogP contribution in [0.5, 0.6) is 0 Å². The van der Waals surface area contributed by atoms with Gasteiger partial charge in [0.1, 0.15) is 0 Å². The molecule has 2 rings (SSSR count). The van der Waals surface area contributed by atoms with E-state index in [2.05, 4.69) is 49.6 Å². The molecule has 0 aliphatic carbocycles. The standard InChI is InChI=1S/C13H20N2/c1-13(2,3)15-8-11-6-4-5-10-7-14-9-12(10)11/h4-6,14-15H,7-9H2,1-3H3. The third kappa shape index (κ3) is 2.58. The summed E-state index contributed by atoms with van der Waals surface area (Å²) in [6, 6.07) is 6.60. The van der Waals surface area contributed by atoms with Gasteiger partial charge in [-0.15, -0.1) is 0 Å². The molecular formula is C13H20N2. The van der Waals surface area contributed by atoms with Gasteiger partial charge in [-0.3, -0.25) is 0 Å². The first-order valence-electron chi connectivity index (χ1n) is 5.62. The molecule has 1 aliphatic rings. The average Bonchev–Trinajstić information content (AvgIpc) is 2.61. The zero-order valence-electron chi connectivity index (χ0n) is 9.85. The molecule has 2 nitrogen and oxygen atoms in total. The van der Waals surface area contributed by atoms with Crippen LogP contribution in [-0.2, 0) is 19.6 Å². The number of hydrogen-bond acceptors (Lipinski definition) is 2. The second kappa shape index (κ2) is 3.95. The Morgan fingerprint density at radius 2 is 2.07 bits per heavy atom. The lowest BCUT2D eigenvalue weighted by Gasteiger charge is -2.21. The molecule has 0 saturated carbocycles. The summed E-state index contributed by atoms with van der Waals surface area (Å²) in [7, 11) is 0. The Bertz CT molecular complexity index is 350. The van der Waals surface area contributed by atoms with E-state index < -0.39 is 0 Å². The molecule has 1 aromatic carbocycles. The van der Waals surface area contributed by atoms with Gasteiger partial charge in [0, 0.05) is 25.2 Å². The first-order chi connectivity index (χ1) is 7.06. The number of fused-ring (bicyclic) bond motifs is 1. The van der Waals surface area contributed by atoms with E-state index in [1.807, 2.05) is 0 Å². The Morgan fingerprint density at radius 1 is 1.27 bits per heavy atom. The average molecular weight is 204 g/mol. The predicted octanol–water partition coefficient (Wildman–Crippen LogP) is 2.18. The molecule has 82 valence electrons. The van der Waals surface area contributed by atoms with Gasteiger partial charge in [0.2, 0.25) is 0 Å². The quantitative estimate of drug-likeness (QED) is 0.771. The Hall–Kier alpha value is -0.860. The molecule has 0 saturated heterocycles. The van der Waals surface area contributed by atoms with Crippen molar-refractivity contribution in [3.8, 4) is 0 Å². The second-order valence-corrected chi connectivity index (χ2v) is 5.26. The smallest absolute Gasteiger partial charge is 0.0215 e. The van der Waals surface area contributed by atoms with Crippen molar-refractivity contribution in [1.82, 2.24) is 10.6 Å². The molecule has 0 atom stereocenters. The Labute approximate surface area is 92.1 Å². The van der Waals surface area contributed by atoms with E-state index in [0.29, 0.717) is 0 Å². The SMILES string of the molecule is CC(C)(C)NCc1cccc2c1CNC2. The Morgan fingerprint density at radius 3 is 2.80 bits per heavy atom. The van der Waals surface area contributed by atoms with E-state index in [1.165, 1.54) is 16.7 Å². The molecule has 0 radical (unpaired) electrons. The van der Waals surface area contributed by atoms with E-state index in [0.717, 1.165) is 19.6 Å². The molecule has 15 heavy (non-hydrogen) atoms. The van der Waals surface area contributed by atoms with Gasteiger partial charge in [-0.1, -0.05) is 18.2 Å². The van der Waals surface area contributed by atoms with Crippen molar-refractivity contribution >= 4 is 0 Å². The van der Waals surface area contributed by atoms with Gasteiger partial charge in [0.25, 0.3) is 0 Å². The van der Waals surface area contributed by atoms with Crippen LogP contribution in [0.1, 0.15) is 37.5 Å². The number of nitrogens with one attached hydrogen (secondary N) is 2. The lowest BCUT2D eigenvalue weighted by atomic mass is 10.0. The molecule has 0 amide bonds. The normalized spacial score (nSPS) is 15.4. The molecule has 1 aromatic rings. The Kier molecular flexibility index (Phi) is 2.81. The molecule has 0 spiro atoms. The van der Waals surface area contributed by atoms with Gasteiger partial charge in [-0.05, 0) is 37.5 Å². The van der Waals surface area contributed by atoms with Crippen LogP contribution in [0.15, 0.2) is 18.2 Å². The molecule has 0 bridgehead atoms. The van der Waals surface area contributed by atoms with Crippen LogP contribution in [0.2, 0.25) is 0 Å². The van der Waals surface area contributed by atoms with E-state index in [-0.39, 0.29) is 5.54 Å². The van der Waals surface area contributed by atoms with E-state index in [4.69, 9.17) is 0 Å². The fourth-order valence-corrected chi connectivity index (χ4v) is 1.93. The van der Waals surface area contributed by atoms with Crippen LogP contribution in [-0.4, -0.2) is 5.54 Å². The van der Waals surface area contributed by atoms with Crippen LogP contribution in [0.3, 0.4) is 0 Å². The topological polar surface area (TPSA) is 24.1 Å². The van der Waals surface area contributed by atoms with Crippen LogP contribution < -0.4 is 10.6 Å². The second-order valence-electron chi connectivity index (χ2n) is 5.26. The number of hydrogen-bond donors (Lipinski definition) is 2. The molecule has 0 aromatic heterocycles. The van der Waals surface area contributed by atoms with Crippen molar-refractivity contribution in [2.24, 2.45) is 0 Å². The van der Waals surface area contributed by atoms with Crippen molar-refractivity contribution in [2.75, 3.05) is 0 Å². The fraction of sp³-hybridized carbons (Fsp3) is 0.538. The summed E-state index contributed by atoms with van der Waals surface area (Å²) in [6.07, 6.45) is 0. The Balaban J connectivity index is 2.12. The number of benzene rings is 1. The molecular weight excluding hydrogens is 184 g/mol. The highest BCUT2D eigenvalue weighted by Gasteiger charge is 2.15. The van der Waals surface area contributed by atoms with E-state index >= 15 is 0 Å².